The third-order valence-corrected chi connectivity index (χ3v) is 4.50. The zero-order valence-corrected chi connectivity index (χ0v) is 12.5. The topological polar surface area (TPSA) is 78.0 Å². The van der Waals surface area contributed by atoms with Gasteiger partial charge in [0.25, 0.3) is 0 Å². The molecule has 0 amide bonds. The van der Waals surface area contributed by atoms with Crippen molar-refractivity contribution in [2.24, 2.45) is 10.9 Å². The van der Waals surface area contributed by atoms with Crippen LogP contribution in [0, 0.1) is 6.92 Å². The summed E-state index contributed by atoms with van der Waals surface area (Å²) in [5, 5.41) is 12.1. The summed E-state index contributed by atoms with van der Waals surface area (Å²) in [4.78, 5) is 9.54. The van der Waals surface area contributed by atoms with Crippen LogP contribution in [0.5, 0.6) is 0 Å². The summed E-state index contributed by atoms with van der Waals surface area (Å²) in [6, 6.07) is 4.40. The normalized spacial score (nSPS) is 24.0. The maximum atomic E-state index is 8.99. The van der Waals surface area contributed by atoms with Crippen molar-refractivity contribution in [2.45, 2.75) is 32.2 Å². The van der Waals surface area contributed by atoms with Gasteiger partial charge in [-0.25, -0.2) is 4.98 Å². The third-order valence-electron chi connectivity index (χ3n) is 4.50. The lowest BCUT2D eigenvalue weighted by Gasteiger charge is -2.28. The molecule has 0 saturated carbocycles. The van der Waals surface area contributed by atoms with E-state index in [-0.39, 0.29) is 5.84 Å². The number of anilines is 1. The van der Waals surface area contributed by atoms with E-state index in [0.717, 1.165) is 43.1 Å². The van der Waals surface area contributed by atoms with Crippen molar-refractivity contribution in [3.05, 3.63) is 23.4 Å². The van der Waals surface area contributed by atoms with Crippen LogP contribution >= 0.6 is 0 Å². The zero-order chi connectivity index (χ0) is 14.8. The first kappa shape index (κ1) is 14.1. The van der Waals surface area contributed by atoms with Gasteiger partial charge in [-0.05, 0) is 44.9 Å². The van der Waals surface area contributed by atoms with E-state index >= 15 is 0 Å². The highest BCUT2D eigenvalue weighted by Crippen LogP contribution is 2.26. The van der Waals surface area contributed by atoms with E-state index in [2.05, 4.69) is 19.9 Å². The zero-order valence-electron chi connectivity index (χ0n) is 12.5. The number of fused-ring (bicyclic) bond motifs is 1. The average Bonchev–Trinajstić information content (AvgIpc) is 2.83. The highest BCUT2D eigenvalue weighted by Gasteiger charge is 2.30. The van der Waals surface area contributed by atoms with E-state index in [1.165, 1.54) is 19.4 Å². The third kappa shape index (κ3) is 2.81. The van der Waals surface area contributed by atoms with Crippen molar-refractivity contribution in [1.29, 1.82) is 0 Å². The molecule has 0 aliphatic carbocycles. The molecule has 6 heteroatoms. The summed E-state index contributed by atoms with van der Waals surface area (Å²) >= 11 is 0. The molecule has 6 nitrogen and oxygen atoms in total. The summed E-state index contributed by atoms with van der Waals surface area (Å²) in [5.41, 5.74) is 7.49. The fraction of sp³-hybridized carbons (Fsp3) is 0.600. The Labute approximate surface area is 125 Å². The second-order valence-electron chi connectivity index (χ2n) is 5.94. The lowest BCUT2D eigenvalue weighted by Crippen LogP contribution is -2.38. The molecule has 3 rings (SSSR count). The Bertz CT molecular complexity index is 545. The first-order valence-corrected chi connectivity index (χ1v) is 7.63. The van der Waals surface area contributed by atoms with Gasteiger partial charge in [0.15, 0.2) is 5.84 Å². The lowest BCUT2D eigenvalue weighted by molar-refractivity contribution is 0.273. The Balaban J connectivity index is 1.93. The molecule has 0 aromatic carbocycles. The van der Waals surface area contributed by atoms with Gasteiger partial charge < -0.3 is 15.8 Å². The predicted molar refractivity (Wildman–Crippen MR) is 82.9 cm³/mol. The number of nitrogens with two attached hydrogens (primary N) is 1. The number of oxime groups is 1. The minimum atomic E-state index is 0.130. The molecular weight excluding hydrogens is 266 g/mol. The Morgan fingerprint density at radius 1 is 1.33 bits per heavy atom. The summed E-state index contributed by atoms with van der Waals surface area (Å²) in [7, 11) is 0. The Morgan fingerprint density at radius 2 is 2.14 bits per heavy atom. The van der Waals surface area contributed by atoms with E-state index < -0.39 is 0 Å². The van der Waals surface area contributed by atoms with Gasteiger partial charge in [-0.3, -0.25) is 4.90 Å². The molecule has 0 radical (unpaired) electrons. The number of aryl methyl sites for hydroxylation is 1. The van der Waals surface area contributed by atoms with Crippen LogP contribution < -0.4 is 10.6 Å². The molecule has 2 aliphatic heterocycles. The van der Waals surface area contributed by atoms with E-state index in [9.17, 15) is 0 Å². The molecule has 2 aliphatic rings. The van der Waals surface area contributed by atoms with Gasteiger partial charge in [-0.15, -0.1) is 0 Å². The highest BCUT2D eigenvalue weighted by molar-refractivity contribution is 6.01. The molecule has 0 spiro atoms. The minimum Gasteiger partial charge on any atom is -0.409 e. The number of hydrogen-bond acceptors (Lipinski definition) is 5. The monoisotopic (exact) mass is 289 g/mol. The number of hydrogen-bond donors (Lipinski definition) is 2. The molecule has 21 heavy (non-hydrogen) atoms. The van der Waals surface area contributed by atoms with Crippen LogP contribution in [0.25, 0.3) is 0 Å². The summed E-state index contributed by atoms with van der Waals surface area (Å²) in [6.45, 7) is 6.29. The summed E-state index contributed by atoms with van der Waals surface area (Å²) in [5.74, 6) is 0.976. The van der Waals surface area contributed by atoms with Gasteiger partial charge in [0.2, 0.25) is 0 Å². The molecule has 3 heterocycles. The van der Waals surface area contributed by atoms with Crippen molar-refractivity contribution in [2.75, 3.05) is 31.1 Å². The first-order chi connectivity index (χ1) is 10.2. The van der Waals surface area contributed by atoms with Crippen LogP contribution in [0.4, 0.5) is 5.82 Å². The molecule has 2 saturated heterocycles. The number of amidine groups is 1. The van der Waals surface area contributed by atoms with Crippen molar-refractivity contribution >= 4 is 11.7 Å². The van der Waals surface area contributed by atoms with Crippen LogP contribution in [-0.4, -0.2) is 53.1 Å². The minimum absolute atomic E-state index is 0.130. The molecule has 114 valence electrons. The van der Waals surface area contributed by atoms with Gasteiger partial charge in [0, 0.05) is 31.4 Å². The SMILES string of the molecule is Cc1ccc(C(N)=NO)c(N2CCCN3CCCC3C2)n1. The average molecular weight is 289 g/mol. The molecule has 1 aromatic rings. The molecule has 1 aromatic heterocycles. The van der Waals surface area contributed by atoms with Crippen molar-refractivity contribution in [3.63, 3.8) is 0 Å². The molecule has 1 unspecified atom stereocenters. The molecular formula is C15H23N5O. The fourth-order valence-corrected chi connectivity index (χ4v) is 3.44. The smallest absolute Gasteiger partial charge is 0.173 e. The van der Waals surface area contributed by atoms with Crippen molar-refractivity contribution in [3.8, 4) is 0 Å². The maximum absolute atomic E-state index is 8.99. The van der Waals surface area contributed by atoms with Crippen molar-refractivity contribution < 1.29 is 5.21 Å². The number of pyridine rings is 1. The molecule has 3 N–H and O–H groups in total. The van der Waals surface area contributed by atoms with E-state index in [1.807, 2.05) is 19.1 Å². The molecule has 2 fully saturated rings. The number of nitrogens with zero attached hydrogens (tertiary/aromatic N) is 4. The Morgan fingerprint density at radius 3 is 2.95 bits per heavy atom. The van der Waals surface area contributed by atoms with Gasteiger partial charge in [-0.1, -0.05) is 5.16 Å². The van der Waals surface area contributed by atoms with Crippen LogP contribution in [0.1, 0.15) is 30.5 Å². The van der Waals surface area contributed by atoms with Gasteiger partial charge in [0.05, 0.1) is 5.56 Å². The highest BCUT2D eigenvalue weighted by atomic mass is 16.4. The Kier molecular flexibility index (Phi) is 3.96. The lowest BCUT2D eigenvalue weighted by atomic mass is 10.1. The second kappa shape index (κ2) is 5.89. The van der Waals surface area contributed by atoms with Crippen LogP contribution in [0.3, 0.4) is 0 Å². The largest absolute Gasteiger partial charge is 0.409 e. The second-order valence-corrected chi connectivity index (χ2v) is 5.94. The van der Waals surface area contributed by atoms with E-state index in [4.69, 9.17) is 10.9 Å². The standard InChI is InChI=1S/C15H23N5O/c1-11-5-6-13(14(16)18-21)15(17-11)20-9-3-8-19-7-2-4-12(19)10-20/h5-6,12,21H,2-4,7-10H2,1H3,(H2,16,18). The number of aromatic nitrogens is 1. The van der Waals surface area contributed by atoms with Crippen LogP contribution in [0.2, 0.25) is 0 Å². The molecule has 0 bridgehead atoms. The number of rotatable bonds is 2. The fourth-order valence-electron chi connectivity index (χ4n) is 3.44. The predicted octanol–water partition coefficient (Wildman–Crippen LogP) is 1.16. The van der Waals surface area contributed by atoms with E-state index in [1.54, 1.807) is 0 Å². The van der Waals surface area contributed by atoms with Crippen LogP contribution in [0.15, 0.2) is 17.3 Å². The van der Waals surface area contributed by atoms with Crippen LogP contribution in [-0.2, 0) is 0 Å². The maximum Gasteiger partial charge on any atom is 0.173 e. The summed E-state index contributed by atoms with van der Waals surface area (Å²) < 4.78 is 0. The first-order valence-electron chi connectivity index (χ1n) is 7.63. The van der Waals surface area contributed by atoms with Gasteiger partial charge >= 0.3 is 0 Å². The van der Waals surface area contributed by atoms with E-state index in [0.29, 0.717) is 6.04 Å². The van der Waals surface area contributed by atoms with Gasteiger partial charge in [-0.2, -0.15) is 0 Å². The quantitative estimate of drug-likeness (QED) is 0.370. The van der Waals surface area contributed by atoms with Gasteiger partial charge in [0.1, 0.15) is 5.82 Å². The Hall–Kier alpha value is -1.82. The molecule has 1 atom stereocenters. The van der Waals surface area contributed by atoms with Crippen molar-refractivity contribution in [1.82, 2.24) is 9.88 Å². The summed E-state index contributed by atoms with van der Waals surface area (Å²) in [6.07, 6.45) is 3.66.